The van der Waals surface area contributed by atoms with Gasteiger partial charge in [-0.3, -0.25) is 0 Å². The molecular formula is C22H20BrCl2NO2. The smallest absolute Gasteiger partial charge is 0.175 e. The summed E-state index contributed by atoms with van der Waals surface area (Å²) in [6, 6.07) is 19.4. The third-order valence-electron chi connectivity index (χ3n) is 3.95. The van der Waals surface area contributed by atoms with Crippen LogP contribution in [0.25, 0.3) is 0 Å². The third-order valence-corrected chi connectivity index (χ3v) is 4.98. The molecule has 28 heavy (non-hydrogen) atoms. The van der Waals surface area contributed by atoms with E-state index in [1.807, 2.05) is 61.5 Å². The van der Waals surface area contributed by atoms with E-state index >= 15 is 0 Å². The van der Waals surface area contributed by atoms with E-state index in [1.54, 1.807) is 6.07 Å². The summed E-state index contributed by atoms with van der Waals surface area (Å²) in [7, 11) is 0. The summed E-state index contributed by atoms with van der Waals surface area (Å²) in [5.41, 5.74) is 3.00. The molecule has 0 aliphatic carbocycles. The molecule has 3 aromatic carbocycles. The molecule has 6 heteroatoms. The second-order valence-corrected chi connectivity index (χ2v) is 7.85. The average Bonchev–Trinajstić information content (AvgIpc) is 2.66. The van der Waals surface area contributed by atoms with Crippen molar-refractivity contribution in [3.63, 3.8) is 0 Å². The SMILES string of the molecule is CCOc1cc(CNc2cc(Cl)cc(Cl)c2)cc(Br)c1OCc1ccccc1. The van der Waals surface area contributed by atoms with E-state index in [2.05, 4.69) is 21.2 Å². The van der Waals surface area contributed by atoms with Crippen LogP contribution in [0.5, 0.6) is 11.5 Å². The summed E-state index contributed by atoms with van der Waals surface area (Å²) in [4.78, 5) is 0. The number of hydrogen-bond acceptors (Lipinski definition) is 3. The Morgan fingerprint density at radius 3 is 2.29 bits per heavy atom. The van der Waals surface area contributed by atoms with Gasteiger partial charge >= 0.3 is 0 Å². The van der Waals surface area contributed by atoms with Crippen molar-refractivity contribution < 1.29 is 9.47 Å². The van der Waals surface area contributed by atoms with E-state index in [0.29, 0.717) is 41.3 Å². The van der Waals surface area contributed by atoms with Crippen molar-refractivity contribution in [1.82, 2.24) is 0 Å². The number of nitrogens with one attached hydrogen (secondary N) is 1. The van der Waals surface area contributed by atoms with E-state index < -0.39 is 0 Å². The monoisotopic (exact) mass is 479 g/mol. The first-order valence-corrected chi connectivity index (χ1v) is 10.4. The second-order valence-electron chi connectivity index (χ2n) is 6.12. The van der Waals surface area contributed by atoms with Crippen molar-refractivity contribution in [2.75, 3.05) is 11.9 Å². The number of hydrogen-bond donors (Lipinski definition) is 1. The molecule has 0 unspecified atom stereocenters. The molecule has 0 saturated carbocycles. The molecule has 0 radical (unpaired) electrons. The molecule has 0 fully saturated rings. The van der Waals surface area contributed by atoms with Gasteiger partial charge in [-0.1, -0.05) is 53.5 Å². The fraction of sp³-hybridized carbons (Fsp3) is 0.182. The topological polar surface area (TPSA) is 30.5 Å². The lowest BCUT2D eigenvalue weighted by atomic mass is 10.2. The lowest BCUT2D eigenvalue weighted by Gasteiger charge is -2.16. The predicted octanol–water partition coefficient (Wildman–Crippen LogP) is 7.35. The van der Waals surface area contributed by atoms with Crippen molar-refractivity contribution in [2.24, 2.45) is 0 Å². The summed E-state index contributed by atoms with van der Waals surface area (Å²) < 4.78 is 12.7. The summed E-state index contributed by atoms with van der Waals surface area (Å²) >= 11 is 15.7. The van der Waals surface area contributed by atoms with Crippen LogP contribution in [0.2, 0.25) is 10.0 Å². The van der Waals surface area contributed by atoms with Gasteiger partial charge in [-0.2, -0.15) is 0 Å². The number of benzene rings is 3. The van der Waals surface area contributed by atoms with Gasteiger partial charge in [0.1, 0.15) is 6.61 Å². The van der Waals surface area contributed by atoms with Crippen LogP contribution in [0, 0.1) is 0 Å². The van der Waals surface area contributed by atoms with Gasteiger partial charge in [0.15, 0.2) is 11.5 Å². The third kappa shape index (κ3) is 5.81. The van der Waals surface area contributed by atoms with Crippen LogP contribution in [0.3, 0.4) is 0 Å². The Kier molecular flexibility index (Phi) is 7.49. The molecule has 0 amide bonds. The molecule has 0 spiro atoms. The summed E-state index contributed by atoms with van der Waals surface area (Å²) in [5.74, 6) is 1.40. The maximum absolute atomic E-state index is 6.06. The van der Waals surface area contributed by atoms with Crippen molar-refractivity contribution in [1.29, 1.82) is 0 Å². The van der Waals surface area contributed by atoms with Gasteiger partial charge in [-0.25, -0.2) is 0 Å². The first-order chi connectivity index (χ1) is 13.5. The zero-order valence-electron chi connectivity index (χ0n) is 15.3. The van der Waals surface area contributed by atoms with E-state index in [-0.39, 0.29) is 0 Å². The molecule has 1 N–H and O–H groups in total. The highest BCUT2D eigenvalue weighted by atomic mass is 79.9. The van der Waals surface area contributed by atoms with E-state index in [1.165, 1.54) is 0 Å². The first-order valence-electron chi connectivity index (χ1n) is 8.87. The van der Waals surface area contributed by atoms with Gasteiger partial charge < -0.3 is 14.8 Å². The molecule has 0 aliphatic heterocycles. The Morgan fingerprint density at radius 2 is 1.61 bits per heavy atom. The lowest BCUT2D eigenvalue weighted by molar-refractivity contribution is 0.267. The van der Waals surface area contributed by atoms with Crippen LogP contribution >= 0.6 is 39.1 Å². The zero-order chi connectivity index (χ0) is 19.9. The molecule has 0 heterocycles. The van der Waals surface area contributed by atoms with Crippen LogP contribution < -0.4 is 14.8 Å². The highest BCUT2D eigenvalue weighted by Gasteiger charge is 2.13. The van der Waals surface area contributed by atoms with Gasteiger partial charge in [-0.05, 0) is 64.3 Å². The maximum atomic E-state index is 6.06. The number of ether oxygens (including phenoxy) is 2. The predicted molar refractivity (Wildman–Crippen MR) is 120 cm³/mol. The van der Waals surface area contributed by atoms with Gasteiger partial charge in [0, 0.05) is 22.3 Å². The standard InChI is InChI=1S/C22H20BrCl2NO2/c1-2-27-21-9-16(13-26-19-11-17(24)10-18(25)12-19)8-20(23)22(21)28-14-15-6-4-3-5-7-15/h3-12,26H,2,13-14H2,1H3. The van der Waals surface area contributed by atoms with E-state index in [4.69, 9.17) is 32.7 Å². The van der Waals surface area contributed by atoms with Crippen LogP contribution in [0.15, 0.2) is 65.1 Å². The Bertz CT molecular complexity index is 915. The highest BCUT2D eigenvalue weighted by molar-refractivity contribution is 9.10. The molecule has 3 nitrogen and oxygen atoms in total. The largest absolute Gasteiger partial charge is 0.490 e. The molecule has 0 saturated heterocycles. The summed E-state index contributed by atoms with van der Waals surface area (Å²) in [5, 5.41) is 4.52. The molecular weight excluding hydrogens is 461 g/mol. The van der Waals surface area contributed by atoms with Gasteiger partial charge in [0.25, 0.3) is 0 Å². The minimum Gasteiger partial charge on any atom is -0.490 e. The molecule has 0 aromatic heterocycles. The number of halogens is 3. The molecule has 0 bridgehead atoms. The molecule has 0 atom stereocenters. The minimum atomic E-state index is 0.470. The van der Waals surface area contributed by atoms with Crippen molar-refractivity contribution in [2.45, 2.75) is 20.1 Å². The Labute approximate surface area is 183 Å². The number of rotatable bonds is 8. The van der Waals surface area contributed by atoms with Crippen molar-refractivity contribution >= 4 is 44.8 Å². The van der Waals surface area contributed by atoms with Crippen LogP contribution in [-0.2, 0) is 13.2 Å². The minimum absolute atomic E-state index is 0.470. The fourth-order valence-corrected chi connectivity index (χ4v) is 3.85. The molecule has 0 aliphatic rings. The van der Waals surface area contributed by atoms with E-state index in [9.17, 15) is 0 Å². The fourth-order valence-electron chi connectivity index (χ4n) is 2.72. The van der Waals surface area contributed by atoms with Gasteiger partial charge in [0.05, 0.1) is 11.1 Å². The second kappa shape index (κ2) is 10.1. The molecule has 146 valence electrons. The lowest BCUT2D eigenvalue weighted by Crippen LogP contribution is -2.04. The summed E-state index contributed by atoms with van der Waals surface area (Å²) in [6.07, 6.45) is 0. The first kappa shape index (κ1) is 20.8. The van der Waals surface area contributed by atoms with Gasteiger partial charge in [-0.15, -0.1) is 0 Å². The van der Waals surface area contributed by atoms with Crippen LogP contribution in [0.4, 0.5) is 5.69 Å². The molecule has 3 rings (SSSR count). The Balaban J connectivity index is 1.75. The van der Waals surface area contributed by atoms with Gasteiger partial charge in [0.2, 0.25) is 0 Å². The Hall–Kier alpha value is -1.88. The van der Waals surface area contributed by atoms with Crippen LogP contribution in [0.1, 0.15) is 18.1 Å². The quantitative estimate of drug-likeness (QED) is 0.365. The van der Waals surface area contributed by atoms with Crippen molar-refractivity contribution in [3.8, 4) is 11.5 Å². The summed E-state index contributed by atoms with van der Waals surface area (Å²) in [6.45, 7) is 3.56. The van der Waals surface area contributed by atoms with Crippen LogP contribution in [-0.4, -0.2) is 6.61 Å². The zero-order valence-corrected chi connectivity index (χ0v) is 18.4. The Morgan fingerprint density at radius 1 is 0.893 bits per heavy atom. The van der Waals surface area contributed by atoms with E-state index in [0.717, 1.165) is 21.3 Å². The average molecular weight is 481 g/mol. The highest BCUT2D eigenvalue weighted by Crippen LogP contribution is 2.37. The van der Waals surface area contributed by atoms with Crippen molar-refractivity contribution in [3.05, 3.63) is 86.3 Å². The maximum Gasteiger partial charge on any atom is 0.175 e. The molecule has 3 aromatic rings. The number of anilines is 1. The normalized spacial score (nSPS) is 10.6.